The van der Waals surface area contributed by atoms with Crippen molar-refractivity contribution in [3.8, 4) is 0 Å². The van der Waals surface area contributed by atoms with Gasteiger partial charge in [-0.1, -0.05) is 27.7 Å². The molecular weight excluding hydrogens is 384 g/mol. The van der Waals surface area contributed by atoms with Crippen LogP contribution in [-0.4, -0.2) is 34.1 Å². The van der Waals surface area contributed by atoms with Crippen molar-refractivity contribution in [3.05, 3.63) is 46.8 Å². The van der Waals surface area contributed by atoms with Crippen LogP contribution in [0.25, 0.3) is 0 Å². The van der Waals surface area contributed by atoms with Gasteiger partial charge in [0.2, 0.25) is 0 Å². The minimum absolute atomic E-state index is 0.188. The summed E-state index contributed by atoms with van der Waals surface area (Å²) in [6.45, 7) is 11.7. The second kappa shape index (κ2) is 7.27. The van der Waals surface area contributed by atoms with Gasteiger partial charge in [0.1, 0.15) is 23.8 Å². The van der Waals surface area contributed by atoms with Crippen molar-refractivity contribution >= 4 is 23.6 Å². The number of hydrogen-bond donors (Lipinski definition) is 2. The van der Waals surface area contributed by atoms with Gasteiger partial charge < -0.3 is 20.9 Å². The number of nitrogen functional groups attached to an aromatic ring is 2. The summed E-state index contributed by atoms with van der Waals surface area (Å²) in [4.78, 5) is 31.7. The maximum atomic E-state index is 11.6. The Morgan fingerprint density at radius 3 is 1.40 bits per heavy atom. The van der Waals surface area contributed by atoms with Crippen LogP contribution in [0.3, 0.4) is 0 Å². The van der Waals surface area contributed by atoms with Crippen LogP contribution < -0.4 is 11.5 Å². The summed E-state index contributed by atoms with van der Waals surface area (Å²) < 4.78 is 10.5. The van der Waals surface area contributed by atoms with Crippen LogP contribution in [0.5, 0.6) is 0 Å². The van der Waals surface area contributed by atoms with E-state index in [4.69, 9.17) is 20.9 Å². The predicted octanol–water partition coefficient (Wildman–Crippen LogP) is 3.00. The highest BCUT2D eigenvalue weighted by molar-refractivity contribution is 5.93. The Morgan fingerprint density at radius 2 is 1.07 bits per heavy atom. The first-order valence-electron chi connectivity index (χ1n) is 9.81. The molecule has 2 aliphatic heterocycles. The average molecular weight is 412 g/mol. The summed E-state index contributed by atoms with van der Waals surface area (Å²) in [5, 5.41) is 0. The summed E-state index contributed by atoms with van der Waals surface area (Å²) >= 11 is 0. The van der Waals surface area contributed by atoms with E-state index in [9.17, 15) is 9.59 Å². The standard InChI is InChI=1S/2C11H14N2O2/c2*1-6-11(2,3)9-7(10(14)15-6)4-5-8(12)13-9/h2*4-6H,1-3H3,(H2,12,13)/t2*6-/m10/s1. The summed E-state index contributed by atoms with van der Waals surface area (Å²) in [5.74, 6) is 0.237. The van der Waals surface area contributed by atoms with Crippen molar-refractivity contribution in [2.24, 2.45) is 0 Å². The third-order valence-electron chi connectivity index (χ3n) is 6.09. The zero-order valence-corrected chi connectivity index (χ0v) is 18.1. The molecule has 2 aromatic heterocycles. The molecule has 2 aromatic rings. The van der Waals surface area contributed by atoms with Gasteiger partial charge in [0.25, 0.3) is 0 Å². The molecule has 0 saturated carbocycles. The Hall–Kier alpha value is -3.16. The number of cyclic esters (lactones) is 2. The maximum Gasteiger partial charge on any atom is 0.340 e. The van der Waals surface area contributed by atoms with Gasteiger partial charge >= 0.3 is 11.9 Å². The topological polar surface area (TPSA) is 130 Å². The quantitative estimate of drug-likeness (QED) is 0.632. The largest absolute Gasteiger partial charge is 0.458 e. The first kappa shape index (κ1) is 21.5. The molecule has 0 saturated heterocycles. The lowest BCUT2D eigenvalue weighted by Gasteiger charge is -2.36. The van der Waals surface area contributed by atoms with Crippen LogP contribution in [0.4, 0.5) is 11.6 Å². The minimum Gasteiger partial charge on any atom is -0.458 e. The van der Waals surface area contributed by atoms with Crippen LogP contribution in [0.2, 0.25) is 0 Å². The SMILES string of the molecule is C[C@@H]1OC(=O)c2ccc(N)nc2C1(C)C.C[C@H]1OC(=O)c2ccc(N)nc2C1(C)C. The number of carbonyl (C=O) groups is 2. The summed E-state index contributed by atoms with van der Waals surface area (Å²) in [6, 6.07) is 6.58. The van der Waals surface area contributed by atoms with Crippen molar-refractivity contribution in [1.82, 2.24) is 9.97 Å². The smallest absolute Gasteiger partial charge is 0.340 e. The summed E-state index contributed by atoms with van der Waals surface area (Å²) in [6.07, 6.45) is -0.376. The molecule has 0 bridgehead atoms. The molecule has 4 N–H and O–H groups in total. The van der Waals surface area contributed by atoms with Crippen molar-refractivity contribution in [1.29, 1.82) is 0 Å². The number of ether oxygens (including phenoxy) is 2. The second-order valence-electron chi connectivity index (χ2n) is 8.80. The molecule has 4 rings (SSSR count). The molecule has 0 aliphatic carbocycles. The second-order valence-corrected chi connectivity index (χ2v) is 8.80. The lowest BCUT2D eigenvalue weighted by molar-refractivity contribution is 0.00790. The number of rotatable bonds is 0. The number of carbonyl (C=O) groups excluding carboxylic acids is 2. The van der Waals surface area contributed by atoms with Crippen LogP contribution in [-0.2, 0) is 20.3 Å². The van der Waals surface area contributed by atoms with Crippen molar-refractivity contribution in [2.45, 2.75) is 64.6 Å². The van der Waals surface area contributed by atoms with E-state index in [0.29, 0.717) is 22.8 Å². The van der Waals surface area contributed by atoms with E-state index >= 15 is 0 Å². The first-order valence-corrected chi connectivity index (χ1v) is 9.81. The van der Waals surface area contributed by atoms with E-state index in [1.54, 1.807) is 24.3 Å². The Labute approximate surface area is 176 Å². The fraction of sp³-hybridized carbons (Fsp3) is 0.455. The van der Waals surface area contributed by atoms with Gasteiger partial charge in [0.05, 0.1) is 22.5 Å². The highest BCUT2D eigenvalue weighted by Gasteiger charge is 2.41. The zero-order valence-electron chi connectivity index (χ0n) is 18.1. The Balaban J connectivity index is 0.000000171. The number of anilines is 2. The molecule has 0 aromatic carbocycles. The Kier molecular flexibility index (Phi) is 5.22. The fourth-order valence-electron chi connectivity index (χ4n) is 3.39. The van der Waals surface area contributed by atoms with Gasteiger partial charge in [-0.05, 0) is 38.1 Å². The number of hydrogen-bond acceptors (Lipinski definition) is 8. The molecular formula is C22H28N4O4. The molecule has 4 heterocycles. The predicted molar refractivity (Wildman–Crippen MR) is 113 cm³/mol. The highest BCUT2D eigenvalue weighted by atomic mass is 16.5. The molecule has 30 heavy (non-hydrogen) atoms. The van der Waals surface area contributed by atoms with Crippen molar-refractivity contribution in [3.63, 3.8) is 0 Å². The molecule has 2 atom stereocenters. The summed E-state index contributed by atoms with van der Waals surface area (Å²) in [7, 11) is 0. The van der Waals surface area contributed by atoms with E-state index in [0.717, 1.165) is 11.4 Å². The van der Waals surface area contributed by atoms with E-state index in [2.05, 4.69) is 9.97 Å². The van der Waals surface area contributed by atoms with E-state index in [1.165, 1.54) is 0 Å². The highest BCUT2D eigenvalue weighted by Crippen LogP contribution is 2.36. The van der Waals surface area contributed by atoms with Crippen molar-refractivity contribution in [2.75, 3.05) is 11.5 Å². The van der Waals surface area contributed by atoms with Crippen molar-refractivity contribution < 1.29 is 19.1 Å². The van der Waals surface area contributed by atoms with E-state index in [-0.39, 0.29) is 35.0 Å². The lowest BCUT2D eigenvalue weighted by Crippen LogP contribution is -2.42. The minimum atomic E-state index is -0.315. The Bertz CT molecular complexity index is 935. The third-order valence-corrected chi connectivity index (χ3v) is 6.09. The van der Waals surface area contributed by atoms with Crippen LogP contribution in [0.1, 0.15) is 73.6 Å². The number of nitrogens with zero attached hydrogens (tertiary/aromatic N) is 2. The number of aromatic nitrogens is 2. The average Bonchev–Trinajstić information content (AvgIpc) is 2.66. The maximum absolute atomic E-state index is 11.6. The molecule has 2 aliphatic rings. The van der Waals surface area contributed by atoms with Gasteiger partial charge in [-0.25, -0.2) is 19.6 Å². The fourth-order valence-corrected chi connectivity index (χ4v) is 3.39. The number of nitrogens with two attached hydrogens (primary N) is 2. The van der Waals surface area contributed by atoms with Gasteiger partial charge in [0, 0.05) is 10.8 Å². The number of fused-ring (bicyclic) bond motifs is 2. The molecule has 8 heteroatoms. The van der Waals surface area contributed by atoms with Crippen LogP contribution in [0, 0.1) is 0 Å². The number of esters is 2. The molecule has 0 fully saturated rings. The molecule has 8 nitrogen and oxygen atoms in total. The molecule has 0 unspecified atom stereocenters. The summed E-state index contributed by atoms with van der Waals surface area (Å²) in [5.41, 5.74) is 13.2. The molecule has 0 radical (unpaired) electrons. The van der Waals surface area contributed by atoms with Crippen LogP contribution in [0.15, 0.2) is 24.3 Å². The zero-order chi connectivity index (χ0) is 22.4. The molecule has 0 spiro atoms. The van der Waals surface area contributed by atoms with E-state index in [1.807, 2.05) is 41.5 Å². The lowest BCUT2D eigenvalue weighted by atomic mass is 9.79. The van der Waals surface area contributed by atoms with Gasteiger partial charge in [-0.2, -0.15) is 0 Å². The van der Waals surface area contributed by atoms with Gasteiger partial charge in [-0.3, -0.25) is 0 Å². The van der Waals surface area contributed by atoms with Gasteiger partial charge in [0.15, 0.2) is 0 Å². The Morgan fingerprint density at radius 1 is 0.733 bits per heavy atom. The number of pyridine rings is 2. The molecule has 0 amide bonds. The van der Waals surface area contributed by atoms with Gasteiger partial charge in [-0.15, -0.1) is 0 Å². The third kappa shape index (κ3) is 3.58. The molecule has 160 valence electrons. The monoisotopic (exact) mass is 412 g/mol. The van der Waals surface area contributed by atoms with E-state index < -0.39 is 0 Å². The van der Waals surface area contributed by atoms with Crippen LogP contribution >= 0.6 is 0 Å². The first-order chi connectivity index (χ1) is 13.9. The normalized spacial score (nSPS) is 23.1.